The van der Waals surface area contributed by atoms with E-state index < -0.39 is 9.84 Å². The first kappa shape index (κ1) is 19.8. The van der Waals surface area contributed by atoms with Gasteiger partial charge in [-0.2, -0.15) is 5.10 Å². The molecular formula is C19H26FN3O3S. The lowest BCUT2D eigenvalue weighted by Crippen LogP contribution is -2.24. The summed E-state index contributed by atoms with van der Waals surface area (Å²) in [5.74, 6) is 0.299. The highest BCUT2D eigenvalue weighted by molar-refractivity contribution is 7.91. The number of aromatic nitrogens is 2. The van der Waals surface area contributed by atoms with Crippen LogP contribution in [0.5, 0.6) is 5.75 Å². The van der Waals surface area contributed by atoms with Crippen molar-refractivity contribution in [3.05, 3.63) is 47.0 Å². The monoisotopic (exact) mass is 395 g/mol. The molecule has 1 aliphatic heterocycles. The van der Waals surface area contributed by atoms with Gasteiger partial charge in [0.25, 0.3) is 0 Å². The zero-order valence-electron chi connectivity index (χ0n) is 16.0. The van der Waals surface area contributed by atoms with Crippen LogP contribution in [0.25, 0.3) is 0 Å². The summed E-state index contributed by atoms with van der Waals surface area (Å²) < 4.78 is 44.5. The Bertz CT molecular complexity index is 911. The molecule has 27 heavy (non-hydrogen) atoms. The molecular weight excluding hydrogens is 369 g/mol. The quantitative estimate of drug-likeness (QED) is 0.721. The SMILES string of the molecule is Cc1nn([C@H]2CCS(=O)(=O)C2)c(C)c1CN(C)CCOc1ccccc1F. The highest BCUT2D eigenvalue weighted by atomic mass is 32.2. The summed E-state index contributed by atoms with van der Waals surface area (Å²) in [5.41, 5.74) is 3.03. The fourth-order valence-corrected chi connectivity index (χ4v) is 5.16. The Balaban J connectivity index is 1.59. The highest BCUT2D eigenvalue weighted by Gasteiger charge is 2.31. The van der Waals surface area contributed by atoms with Gasteiger partial charge in [0.15, 0.2) is 21.4 Å². The first-order chi connectivity index (χ1) is 12.8. The van der Waals surface area contributed by atoms with Gasteiger partial charge in [-0.25, -0.2) is 12.8 Å². The lowest BCUT2D eigenvalue weighted by atomic mass is 10.1. The normalized spacial score (nSPS) is 18.9. The molecule has 0 spiro atoms. The van der Waals surface area contributed by atoms with Gasteiger partial charge in [0.1, 0.15) is 6.61 Å². The maximum absolute atomic E-state index is 13.6. The first-order valence-electron chi connectivity index (χ1n) is 9.07. The van der Waals surface area contributed by atoms with E-state index in [9.17, 15) is 12.8 Å². The molecule has 2 aromatic rings. The van der Waals surface area contributed by atoms with Crippen LogP contribution in [0.1, 0.15) is 29.4 Å². The molecule has 1 fully saturated rings. The molecule has 1 aromatic carbocycles. The fraction of sp³-hybridized carbons (Fsp3) is 0.526. The topological polar surface area (TPSA) is 64.4 Å². The Morgan fingerprint density at radius 2 is 2.07 bits per heavy atom. The molecule has 3 rings (SSSR count). The Morgan fingerprint density at radius 3 is 2.74 bits per heavy atom. The molecule has 6 nitrogen and oxygen atoms in total. The van der Waals surface area contributed by atoms with Gasteiger partial charge < -0.3 is 4.74 Å². The van der Waals surface area contributed by atoms with Gasteiger partial charge in [-0.1, -0.05) is 12.1 Å². The summed E-state index contributed by atoms with van der Waals surface area (Å²) in [5, 5.41) is 4.59. The van der Waals surface area contributed by atoms with E-state index in [0.717, 1.165) is 17.0 Å². The highest BCUT2D eigenvalue weighted by Crippen LogP contribution is 2.27. The van der Waals surface area contributed by atoms with Crippen LogP contribution in [0.3, 0.4) is 0 Å². The minimum absolute atomic E-state index is 0.0721. The van der Waals surface area contributed by atoms with Crippen LogP contribution >= 0.6 is 0 Å². The molecule has 2 heterocycles. The van der Waals surface area contributed by atoms with Gasteiger partial charge in [0, 0.05) is 24.3 Å². The smallest absolute Gasteiger partial charge is 0.165 e. The number of halogens is 1. The average Bonchev–Trinajstić information content (AvgIpc) is 3.10. The maximum atomic E-state index is 13.6. The van der Waals surface area contributed by atoms with Crippen molar-refractivity contribution in [2.24, 2.45) is 0 Å². The number of likely N-dealkylation sites (N-methyl/N-ethyl adjacent to an activating group) is 1. The lowest BCUT2D eigenvalue weighted by Gasteiger charge is -2.18. The van der Waals surface area contributed by atoms with Crippen LogP contribution in [0.4, 0.5) is 4.39 Å². The Labute approximate surface area is 159 Å². The third-order valence-corrected chi connectivity index (χ3v) is 6.77. The molecule has 0 N–H and O–H groups in total. The predicted octanol–water partition coefficient (Wildman–Crippen LogP) is 2.51. The third kappa shape index (κ3) is 4.68. The maximum Gasteiger partial charge on any atom is 0.165 e. The number of aryl methyl sites for hydroxylation is 1. The van der Waals surface area contributed by atoms with Crippen molar-refractivity contribution in [2.45, 2.75) is 32.9 Å². The Hall–Kier alpha value is -1.93. The van der Waals surface area contributed by atoms with E-state index in [-0.39, 0.29) is 29.1 Å². The molecule has 0 amide bonds. The molecule has 8 heteroatoms. The number of rotatable bonds is 7. The van der Waals surface area contributed by atoms with Crippen LogP contribution in [0.2, 0.25) is 0 Å². The number of para-hydroxylation sites is 1. The molecule has 1 aromatic heterocycles. The summed E-state index contributed by atoms with van der Waals surface area (Å²) in [7, 11) is -0.974. The average molecular weight is 396 g/mol. The molecule has 0 aliphatic carbocycles. The first-order valence-corrected chi connectivity index (χ1v) is 10.9. The van der Waals surface area contributed by atoms with Crippen molar-refractivity contribution in [3.8, 4) is 5.75 Å². The van der Waals surface area contributed by atoms with E-state index in [2.05, 4.69) is 10.00 Å². The molecule has 148 valence electrons. The summed E-state index contributed by atoms with van der Waals surface area (Å²) in [4.78, 5) is 2.09. The predicted molar refractivity (Wildman–Crippen MR) is 102 cm³/mol. The molecule has 0 unspecified atom stereocenters. The minimum atomic E-state index is -2.95. The third-order valence-electron chi connectivity index (χ3n) is 5.02. The molecule has 1 aliphatic rings. The number of sulfone groups is 1. The van der Waals surface area contributed by atoms with Crippen LogP contribution in [-0.4, -0.2) is 54.8 Å². The van der Waals surface area contributed by atoms with Gasteiger partial charge in [0.2, 0.25) is 0 Å². The van der Waals surface area contributed by atoms with E-state index in [1.54, 1.807) is 18.2 Å². The number of benzene rings is 1. The van der Waals surface area contributed by atoms with Crippen molar-refractivity contribution in [3.63, 3.8) is 0 Å². The molecule has 0 bridgehead atoms. The lowest BCUT2D eigenvalue weighted by molar-refractivity contribution is 0.226. The van der Waals surface area contributed by atoms with E-state index in [0.29, 0.717) is 26.1 Å². The van der Waals surface area contributed by atoms with E-state index in [1.165, 1.54) is 6.07 Å². The Kier molecular flexibility index (Phi) is 5.86. The van der Waals surface area contributed by atoms with Crippen molar-refractivity contribution < 1.29 is 17.5 Å². The van der Waals surface area contributed by atoms with Crippen molar-refractivity contribution in [1.82, 2.24) is 14.7 Å². The second kappa shape index (κ2) is 7.98. The van der Waals surface area contributed by atoms with Gasteiger partial charge in [-0.3, -0.25) is 9.58 Å². The summed E-state index contributed by atoms with van der Waals surface area (Å²) >= 11 is 0. The van der Waals surface area contributed by atoms with E-state index in [4.69, 9.17) is 4.74 Å². The second-order valence-electron chi connectivity index (χ2n) is 7.17. The van der Waals surface area contributed by atoms with Crippen LogP contribution in [0.15, 0.2) is 24.3 Å². The van der Waals surface area contributed by atoms with Gasteiger partial charge in [0.05, 0.1) is 23.2 Å². The number of nitrogens with zero attached hydrogens (tertiary/aromatic N) is 3. The van der Waals surface area contributed by atoms with Crippen LogP contribution in [0, 0.1) is 19.7 Å². The van der Waals surface area contributed by atoms with Gasteiger partial charge in [-0.05, 0) is 39.4 Å². The molecule has 0 saturated carbocycles. The van der Waals surface area contributed by atoms with E-state index >= 15 is 0 Å². The largest absolute Gasteiger partial charge is 0.489 e. The zero-order chi connectivity index (χ0) is 19.6. The summed E-state index contributed by atoms with van der Waals surface area (Å²) in [6.07, 6.45) is 0.621. The summed E-state index contributed by atoms with van der Waals surface area (Å²) in [6, 6.07) is 6.30. The molecule has 0 radical (unpaired) electrons. The number of ether oxygens (including phenoxy) is 1. The molecule has 1 saturated heterocycles. The minimum Gasteiger partial charge on any atom is -0.489 e. The molecule has 1 atom stereocenters. The van der Waals surface area contributed by atoms with Crippen molar-refractivity contribution >= 4 is 9.84 Å². The summed E-state index contributed by atoms with van der Waals surface area (Å²) in [6.45, 7) is 5.63. The number of hydrogen-bond donors (Lipinski definition) is 0. The van der Waals surface area contributed by atoms with Crippen molar-refractivity contribution in [1.29, 1.82) is 0 Å². The van der Waals surface area contributed by atoms with Gasteiger partial charge in [-0.15, -0.1) is 0 Å². The van der Waals surface area contributed by atoms with Crippen LogP contribution < -0.4 is 4.74 Å². The van der Waals surface area contributed by atoms with Gasteiger partial charge >= 0.3 is 0 Å². The van der Waals surface area contributed by atoms with Crippen LogP contribution in [-0.2, 0) is 16.4 Å². The number of hydrogen-bond acceptors (Lipinski definition) is 5. The van der Waals surface area contributed by atoms with E-state index in [1.807, 2.05) is 25.6 Å². The zero-order valence-corrected chi connectivity index (χ0v) is 16.8. The Morgan fingerprint density at radius 1 is 1.33 bits per heavy atom. The standard InChI is InChI=1S/C19H26FN3O3S/c1-14-17(15(2)23(21-14)16-8-11-27(24,25)13-16)12-22(3)9-10-26-19-7-5-4-6-18(19)20/h4-7,16H,8-13H2,1-3H3/t16-/m0/s1. The fourth-order valence-electron chi connectivity index (χ4n) is 3.47. The van der Waals surface area contributed by atoms with Crippen molar-refractivity contribution in [2.75, 3.05) is 31.7 Å². The second-order valence-corrected chi connectivity index (χ2v) is 9.40.